The number of anilines is 1. The molecule has 0 aliphatic carbocycles. The second-order valence-corrected chi connectivity index (χ2v) is 7.97. The van der Waals surface area contributed by atoms with Gasteiger partial charge in [0.05, 0.1) is 17.3 Å². The monoisotopic (exact) mass is 413 g/mol. The lowest BCUT2D eigenvalue weighted by Gasteiger charge is -2.26. The molecule has 7 nitrogen and oxygen atoms in total. The topological polar surface area (TPSA) is 81.1 Å². The first-order chi connectivity index (χ1) is 14.2. The zero-order valence-corrected chi connectivity index (χ0v) is 17.7. The van der Waals surface area contributed by atoms with Crippen molar-refractivity contribution in [2.45, 2.75) is 52.2 Å². The zero-order chi connectivity index (χ0) is 20.2. The highest BCUT2D eigenvalue weighted by Gasteiger charge is 2.22. The van der Waals surface area contributed by atoms with Crippen molar-refractivity contribution in [2.24, 2.45) is 0 Å². The number of nitrogens with one attached hydrogen (secondary N) is 2. The maximum Gasteiger partial charge on any atom is 0.252 e. The maximum atomic E-state index is 12.5. The van der Waals surface area contributed by atoms with Crippen LogP contribution in [-0.2, 0) is 24.2 Å². The van der Waals surface area contributed by atoms with E-state index in [1.54, 1.807) is 0 Å². The average molecular weight is 414 g/mol. The van der Waals surface area contributed by atoms with Gasteiger partial charge in [0.15, 0.2) is 5.65 Å². The minimum absolute atomic E-state index is 0.0605. The third-order valence-corrected chi connectivity index (χ3v) is 6.07. The fourth-order valence-electron chi connectivity index (χ4n) is 3.76. The summed E-state index contributed by atoms with van der Waals surface area (Å²) in [6.45, 7) is 6.91. The van der Waals surface area contributed by atoms with Gasteiger partial charge >= 0.3 is 0 Å². The zero-order valence-electron chi connectivity index (χ0n) is 16.9. The van der Waals surface area contributed by atoms with Crippen molar-refractivity contribution in [2.75, 3.05) is 18.5 Å². The lowest BCUT2D eigenvalue weighted by molar-refractivity contribution is 0.0904. The Kier molecular flexibility index (Phi) is 6.10. The van der Waals surface area contributed by atoms with Gasteiger partial charge in [-0.25, -0.2) is 9.67 Å². The summed E-state index contributed by atoms with van der Waals surface area (Å²) in [6.07, 6.45) is 4.61. The molecule has 0 bridgehead atoms. The highest BCUT2D eigenvalue weighted by atomic mass is 32.1. The Hall–Kier alpha value is -2.45. The summed E-state index contributed by atoms with van der Waals surface area (Å²) in [5.74, 6) is -0.0605. The highest BCUT2D eigenvalue weighted by Crippen LogP contribution is 2.31. The number of aromatic nitrogens is 3. The van der Waals surface area contributed by atoms with E-state index in [0.29, 0.717) is 18.2 Å². The van der Waals surface area contributed by atoms with Crippen LogP contribution in [-0.4, -0.2) is 39.9 Å². The van der Waals surface area contributed by atoms with E-state index in [-0.39, 0.29) is 5.91 Å². The molecule has 29 heavy (non-hydrogen) atoms. The standard InChI is InChI=1S/C21H27N5O2S/c1-3-18-16(11-22-21(27)14-7-10-29-13-14)19(24-15-5-8-28-9-6-15)17-12-23-26(4-2)20(17)25-18/h7,10,12-13,15H,3-6,8-9,11H2,1-2H3,(H,22,27)(H,24,25). The number of hydrogen-bond donors (Lipinski definition) is 2. The molecule has 1 aliphatic heterocycles. The predicted molar refractivity (Wildman–Crippen MR) is 116 cm³/mol. The number of amides is 1. The minimum atomic E-state index is -0.0605. The van der Waals surface area contributed by atoms with Crippen LogP contribution in [0.15, 0.2) is 23.0 Å². The van der Waals surface area contributed by atoms with Gasteiger partial charge in [-0.05, 0) is 37.6 Å². The molecule has 4 heterocycles. The molecule has 1 fully saturated rings. The number of rotatable bonds is 7. The number of fused-ring (bicyclic) bond motifs is 1. The van der Waals surface area contributed by atoms with Crippen molar-refractivity contribution in [3.8, 4) is 0 Å². The van der Waals surface area contributed by atoms with Gasteiger partial charge in [0.1, 0.15) is 0 Å². The smallest absolute Gasteiger partial charge is 0.252 e. The Labute approximate surface area is 174 Å². The number of thiophene rings is 1. The van der Waals surface area contributed by atoms with Crippen LogP contribution in [0.25, 0.3) is 11.0 Å². The number of nitrogens with zero attached hydrogens (tertiary/aromatic N) is 3. The van der Waals surface area contributed by atoms with Crippen LogP contribution in [0.3, 0.4) is 0 Å². The first kappa shape index (κ1) is 19.8. The molecule has 0 saturated carbocycles. The number of pyridine rings is 1. The summed E-state index contributed by atoms with van der Waals surface area (Å²) in [5, 5.41) is 16.1. The molecule has 0 unspecified atom stereocenters. The number of ether oxygens (including phenoxy) is 1. The number of carbonyl (C=O) groups is 1. The summed E-state index contributed by atoms with van der Waals surface area (Å²) < 4.78 is 7.44. The van der Waals surface area contributed by atoms with E-state index in [9.17, 15) is 4.79 Å². The van der Waals surface area contributed by atoms with Crippen LogP contribution in [0.4, 0.5) is 5.69 Å². The average Bonchev–Trinajstić information content (AvgIpc) is 3.43. The van der Waals surface area contributed by atoms with Gasteiger partial charge in [-0.2, -0.15) is 16.4 Å². The molecule has 0 atom stereocenters. The van der Waals surface area contributed by atoms with Crippen LogP contribution in [0.2, 0.25) is 0 Å². The number of hydrogen-bond acceptors (Lipinski definition) is 6. The van der Waals surface area contributed by atoms with Crippen molar-refractivity contribution in [3.63, 3.8) is 0 Å². The molecule has 4 rings (SSSR count). The van der Waals surface area contributed by atoms with E-state index in [4.69, 9.17) is 9.72 Å². The second-order valence-electron chi connectivity index (χ2n) is 7.19. The van der Waals surface area contributed by atoms with Gasteiger partial charge in [0.25, 0.3) is 5.91 Å². The van der Waals surface area contributed by atoms with Crippen molar-refractivity contribution in [1.29, 1.82) is 0 Å². The molecule has 1 saturated heterocycles. The number of carbonyl (C=O) groups excluding carboxylic acids is 1. The first-order valence-electron chi connectivity index (χ1n) is 10.2. The van der Waals surface area contributed by atoms with Crippen molar-refractivity contribution >= 4 is 34.0 Å². The Morgan fingerprint density at radius 3 is 2.86 bits per heavy atom. The van der Waals surface area contributed by atoms with E-state index >= 15 is 0 Å². The summed E-state index contributed by atoms with van der Waals surface area (Å²) in [6, 6.07) is 2.18. The Balaban J connectivity index is 1.71. The van der Waals surface area contributed by atoms with Gasteiger partial charge in [-0.15, -0.1) is 0 Å². The van der Waals surface area contributed by atoms with E-state index in [2.05, 4.69) is 29.6 Å². The van der Waals surface area contributed by atoms with E-state index in [0.717, 1.165) is 67.0 Å². The molecule has 0 aromatic carbocycles. The largest absolute Gasteiger partial charge is 0.381 e. The van der Waals surface area contributed by atoms with Gasteiger partial charge in [0.2, 0.25) is 0 Å². The third-order valence-electron chi connectivity index (χ3n) is 5.39. The van der Waals surface area contributed by atoms with Gasteiger partial charge < -0.3 is 15.4 Å². The molecule has 3 aromatic rings. The number of aryl methyl sites for hydroxylation is 2. The fraction of sp³-hybridized carbons (Fsp3) is 0.476. The third kappa shape index (κ3) is 4.13. The van der Waals surface area contributed by atoms with Crippen LogP contribution < -0.4 is 10.6 Å². The molecule has 1 amide bonds. The fourth-order valence-corrected chi connectivity index (χ4v) is 4.40. The maximum absolute atomic E-state index is 12.5. The Bertz CT molecular complexity index is 977. The van der Waals surface area contributed by atoms with Crippen LogP contribution in [0, 0.1) is 0 Å². The Morgan fingerprint density at radius 2 is 2.17 bits per heavy atom. The molecule has 154 valence electrons. The van der Waals surface area contributed by atoms with Gasteiger partial charge in [-0.3, -0.25) is 4.79 Å². The van der Waals surface area contributed by atoms with Crippen LogP contribution in [0.1, 0.15) is 48.3 Å². The van der Waals surface area contributed by atoms with Crippen molar-refractivity contribution < 1.29 is 9.53 Å². The summed E-state index contributed by atoms with van der Waals surface area (Å²) in [4.78, 5) is 17.4. The van der Waals surface area contributed by atoms with Crippen molar-refractivity contribution in [3.05, 3.63) is 39.8 Å². The SMILES string of the molecule is CCc1nc2c(cnn2CC)c(NC2CCOCC2)c1CNC(=O)c1ccsc1. The van der Waals surface area contributed by atoms with Crippen LogP contribution in [0.5, 0.6) is 0 Å². The normalized spacial score (nSPS) is 15.0. The highest BCUT2D eigenvalue weighted by molar-refractivity contribution is 7.08. The molecule has 1 aliphatic rings. The summed E-state index contributed by atoms with van der Waals surface area (Å²) >= 11 is 1.52. The van der Waals surface area contributed by atoms with Gasteiger partial charge in [0, 0.05) is 54.5 Å². The lowest BCUT2D eigenvalue weighted by atomic mass is 10.0. The van der Waals surface area contributed by atoms with E-state index < -0.39 is 0 Å². The van der Waals surface area contributed by atoms with E-state index in [1.165, 1.54) is 11.3 Å². The molecule has 8 heteroatoms. The Morgan fingerprint density at radius 1 is 1.34 bits per heavy atom. The summed E-state index contributed by atoms with van der Waals surface area (Å²) in [5.41, 5.74) is 4.68. The van der Waals surface area contributed by atoms with E-state index in [1.807, 2.05) is 27.7 Å². The quantitative estimate of drug-likeness (QED) is 0.619. The molecule has 3 aromatic heterocycles. The molecule has 0 spiro atoms. The van der Waals surface area contributed by atoms with Crippen molar-refractivity contribution in [1.82, 2.24) is 20.1 Å². The molecular formula is C21H27N5O2S. The van der Waals surface area contributed by atoms with Gasteiger partial charge in [-0.1, -0.05) is 6.92 Å². The minimum Gasteiger partial charge on any atom is -0.381 e. The predicted octanol–water partition coefficient (Wildman–Crippen LogP) is 3.60. The second kappa shape index (κ2) is 8.92. The first-order valence-corrected chi connectivity index (χ1v) is 11.2. The molecular weight excluding hydrogens is 386 g/mol. The van der Waals surface area contributed by atoms with Crippen LogP contribution >= 0.6 is 11.3 Å². The summed E-state index contributed by atoms with van der Waals surface area (Å²) in [7, 11) is 0. The molecule has 2 N–H and O–H groups in total. The lowest BCUT2D eigenvalue weighted by Crippen LogP contribution is -2.30. The molecule has 0 radical (unpaired) electrons.